The Morgan fingerprint density at radius 3 is 2.35 bits per heavy atom. The molecule has 1 atom stereocenters. The summed E-state index contributed by atoms with van der Waals surface area (Å²) in [6, 6.07) is 14.9. The Labute approximate surface area is 194 Å². The fourth-order valence-electron chi connectivity index (χ4n) is 2.95. The summed E-state index contributed by atoms with van der Waals surface area (Å²) >= 11 is 0. The lowest BCUT2D eigenvalue weighted by atomic mass is 10.2. The molecule has 1 heterocycles. The average molecular weight is 490 g/mol. The highest BCUT2D eigenvalue weighted by Gasteiger charge is 2.22. The van der Waals surface area contributed by atoms with Crippen molar-refractivity contribution >= 4 is 15.9 Å². The zero-order valence-corrected chi connectivity index (χ0v) is 18.6. The maximum atomic E-state index is 12.8. The summed E-state index contributed by atoms with van der Waals surface area (Å²) in [6.07, 6.45) is 0.894. The topological polar surface area (TPSA) is 172 Å². The number of benzene rings is 2. The van der Waals surface area contributed by atoms with Crippen LogP contribution in [0.4, 0.5) is 0 Å². The number of rotatable bonds is 11. The van der Waals surface area contributed by atoms with Gasteiger partial charge in [0.15, 0.2) is 0 Å². The van der Waals surface area contributed by atoms with Crippen molar-refractivity contribution in [2.75, 3.05) is 6.54 Å². The lowest BCUT2D eigenvalue weighted by Gasteiger charge is -2.19. The molecule has 12 nitrogen and oxygen atoms in total. The van der Waals surface area contributed by atoms with E-state index in [1.165, 1.54) is 35.9 Å². The first kappa shape index (κ1) is 24.9. The van der Waals surface area contributed by atoms with Crippen molar-refractivity contribution in [1.82, 2.24) is 25.1 Å². The summed E-state index contributed by atoms with van der Waals surface area (Å²) in [7, 11) is -4.04. The number of para-hydroxylation sites is 1. The van der Waals surface area contributed by atoms with Crippen molar-refractivity contribution in [2.24, 2.45) is 0 Å². The molecule has 5 N–H and O–H groups in total. The second-order valence-corrected chi connectivity index (χ2v) is 8.85. The van der Waals surface area contributed by atoms with E-state index in [1.807, 2.05) is 18.2 Å². The van der Waals surface area contributed by atoms with Crippen molar-refractivity contribution in [3.05, 3.63) is 87.7 Å². The molecule has 1 amide bonds. The van der Waals surface area contributed by atoms with Crippen LogP contribution in [0.2, 0.25) is 0 Å². The predicted molar refractivity (Wildman–Crippen MR) is 121 cm³/mol. The van der Waals surface area contributed by atoms with Crippen LogP contribution in [0.5, 0.6) is 11.5 Å². The van der Waals surface area contributed by atoms with Crippen LogP contribution >= 0.6 is 0 Å². The smallest absolute Gasteiger partial charge is 0.329 e. The Bertz CT molecular complexity index is 1320. The van der Waals surface area contributed by atoms with Gasteiger partial charge in [-0.3, -0.25) is 29.7 Å². The Hall–Kier alpha value is -3.78. The van der Waals surface area contributed by atoms with Crippen LogP contribution in [-0.2, 0) is 21.5 Å². The van der Waals surface area contributed by atoms with E-state index in [0.29, 0.717) is 11.5 Å². The van der Waals surface area contributed by atoms with Crippen LogP contribution in [0, 0.1) is 0 Å². The molecule has 3 rings (SSSR count). The largest absolute Gasteiger partial charge is 0.457 e. The van der Waals surface area contributed by atoms with Crippen LogP contribution < -0.4 is 31.5 Å². The highest BCUT2D eigenvalue weighted by Crippen LogP contribution is 2.22. The second-order valence-electron chi connectivity index (χ2n) is 7.14. The first-order chi connectivity index (χ1) is 16.3. The minimum atomic E-state index is -4.04. The van der Waals surface area contributed by atoms with Gasteiger partial charge in [-0.25, -0.2) is 23.4 Å². The van der Waals surface area contributed by atoms with Crippen LogP contribution in [0.3, 0.4) is 0 Å². The number of hydroxylamine groups is 1. The van der Waals surface area contributed by atoms with Gasteiger partial charge in [0.1, 0.15) is 11.5 Å². The maximum absolute atomic E-state index is 12.8. The Balaban J connectivity index is 1.66. The molecule has 1 aromatic heterocycles. The summed E-state index contributed by atoms with van der Waals surface area (Å²) in [5, 5.41) is 11.7. The number of nitrogens with zero attached hydrogens (tertiary/aromatic N) is 1. The van der Waals surface area contributed by atoms with Crippen molar-refractivity contribution in [2.45, 2.75) is 24.0 Å². The zero-order chi connectivity index (χ0) is 24.6. The molecule has 0 saturated carbocycles. The number of carbonyl (C=O) groups excluding carboxylic acids is 1. The van der Waals surface area contributed by atoms with E-state index in [-0.39, 0.29) is 24.5 Å². The van der Waals surface area contributed by atoms with Gasteiger partial charge in [-0.15, -0.1) is 0 Å². The Morgan fingerprint density at radius 2 is 1.71 bits per heavy atom. The molecule has 0 aliphatic heterocycles. The number of H-pyrrole nitrogens is 1. The number of aromatic nitrogens is 2. The predicted octanol–water partition coefficient (Wildman–Crippen LogP) is 0.119. The molecule has 0 spiro atoms. The highest BCUT2D eigenvalue weighted by molar-refractivity contribution is 7.89. The van der Waals surface area contributed by atoms with Gasteiger partial charge in [-0.1, -0.05) is 18.2 Å². The van der Waals surface area contributed by atoms with Crippen LogP contribution in [0.25, 0.3) is 0 Å². The summed E-state index contributed by atoms with van der Waals surface area (Å²) in [6.45, 7) is -0.118. The third-order valence-electron chi connectivity index (χ3n) is 4.56. The number of nitrogens with one attached hydrogen (secondary N) is 4. The van der Waals surface area contributed by atoms with Gasteiger partial charge in [0.25, 0.3) is 5.56 Å². The number of sulfonamides is 1. The molecule has 0 bridgehead atoms. The van der Waals surface area contributed by atoms with Crippen LogP contribution in [0.1, 0.15) is 6.42 Å². The van der Waals surface area contributed by atoms with Crippen LogP contribution in [0.15, 0.2) is 81.3 Å². The fraction of sp³-hybridized carbons (Fsp3) is 0.190. The van der Waals surface area contributed by atoms with E-state index in [4.69, 9.17) is 9.94 Å². The normalized spacial score (nSPS) is 12.1. The molecule has 34 heavy (non-hydrogen) atoms. The fourth-order valence-corrected chi connectivity index (χ4v) is 4.19. The van der Waals surface area contributed by atoms with Gasteiger partial charge in [-0.05, 0) is 36.4 Å². The molecule has 3 aromatic rings. The highest BCUT2D eigenvalue weighted by atomic mass is 32.2. The van der Waals surface area contributed by atoms with Gasteiger partial charge in [-0.2, -0.15) is 0 Å². The molecule has 13 heteroatoms. The molecule has 1 unspecified atom stereocenters. The SMILES string of the molecule is O=C(CC(CNCn1ccc(=O)[nH]c1=O)NS(=O)(=O)c1ccc(Oc2ccccc2)cc1)NO. The molecule has 0 saturated heterocycles. The van der Waals surface area contributed by atoms with Gasteiger partial charge < -0.3 is 4.74 Å². The summed E-state index contributed by atoms with van der Waals surface area (Å²) in [5.41, 5.74) is 0.263. The van der Waals surface area contributed by atoms with E-state index >= 15 is 0 Å². The van der Waals surface area contributed by atoms with E-state index in [0.717, 1.165) is 10.6 Å². The molecule has 180 valence electrons. The zero-order valence-electron chi connectivity index (χ0n) is 17.8. The minimum Gasteiger partial charge on any atom is -0.457 e. The molecule has 2 aromatic carbocycles. The lowest BCUT2D eigenvalue weighted by Crippen LogP contribution is -2.45. The second kappa shape index (κ2) is 11.4. The average Bonchev–Trinajstić information content (AvgIpc) is 2.81. The van der Waals surface area contributed by atoms with Crippen molar-refractivity contribution in [3.8, 4) is 11.5 Å². The number of aromatic amines is 1. The quantitative estimate of drug-likeness (QED) is 0.187. The number of carbonyl (C=O) groups is 1. The van der Waals surface area contributed by atoms with Crippen LogP contribution in [-0.4, -0.2) is 41.7 Å². The van der Waals surface area contributed by atoms with Gasteiger partial charge >= 0.3 is 5.69 Å². The molecular weight excluding hydrogens is 466 g/mol. The molecular formula is C21H23N5O7S. The molecule has 0 aliphatic rings. The van der Waals surface area contributed by atoms with Gasteiger partial charge in [0.2, 0.25) is 15.9 Å². The van der Waals surface area contributed by atoms with E-state index < -0.39 is 33.2 Å². The van der Waals surface area contributed by atoms with Crippen molar-refractivity contribution in [1.29, 1.82) is 0 Å². The standard InChI is InChI=1S/C21H23N5O7S/c27-19-10-11-26(21(29)23-19)14-22-13-15(12-20(28)24-30)25-34(31,32)18-8-6-17(7-9-18)33-16-4-2-1-3-5-16/h1-11,15,22,25,30H,12-14H2,(H,24,28)(H,23,27,29). The van der Waals surface area contributed by atoms with Crippen molar-refractivity contribution in [3.63, 3.8) is 0 Å². The van der Waals surface area contributed by atoms with Gasteiger partial charge in [0, 0.05) is 31.3 Å². The first-order valence-corrected chi connectivity index (χ1v) is 11.5. The third-order valence-corrected chi connectivity index (χ3v) is 6.10. The third kappa shape index (κ3) is 7.11. The Morgan fingerprint density at radius 1 is 1.03 bits per heavy atom. The summed E-state index contributed by atoms with van der Waals surface area (Å²) < 4.78 is 34.9. The van der Waals surface area contributed by atoms with E-state index in [9.17, 15) is 22.8 Å². The number of ether oxygens (including phenoxy) is 1. The number of hydrogen-bond donors (Lipinski definition) is 5. The minimum absolute atomic E-state index is 0.0554. The Kier molecular flexibility index (Phi) is 8.32. The van der Waals surface area contributed by atoms with E-state index in [1.54, 1.807) is 12.1 Å². The van der Waals surface area contributed by atoms with Crippen molar-refractivity contribution < 1.29 is 23.2 Å². The summed E-state index contributed by atoms with van der Waals surface area (Å²) in [4.78, 5) is 36.6. The molecule has 0 radical (unpaired) electrons. The molecule has 0 fully saturated rings. The summed E-state index contributed by atoms with van der Waals surface area (Å²) in [5.74, 6) is 0.232. The molecule has 0 aliphatic carbocycles. The van der Waals surface area contributed by atoms with Gasteiger partial charge in [0.05, 0.1) is 11.6 Å². The number of hydrogen-bond acceptors (Lipinski definition) is 8. The number of amides is 1. The lowest BCUT2D eigenvalue weighted by molar-refractivity contribution is -0.129. The monoisotopic (exact) mass is 489 g/mol. The maximum Gasteiger partial charge on any atom is 0.329 e. The van der Waals surface area contributed by atoms with E-state index in [2.05, 4.69) is 15.0 Å². The first-order valence-electron chi connectivity index (χ1n) is 10.1.